The molecule has 94 valence electrons. The minimum Gasteiger partial charge on any atom is -0.390 e. The van der Waals surface area contributed by atoms with Crippen LogP contribution in [0.15, 0.2) is 0 Å². The molecule has 1 fully saturated rings. The van der Waals surface area contributed by atoms with E-state index in [-0.39, 0.29) is 18.0 Å². The summed E-state index contributed by atoms with van der Waals surface area (Å²) < 4.78 is 25.8. The molecular weight excluding hydrogens is 218 g/mol. The smallest absolute Gasteiger partial charge is 0.287 e. The summed E-state index contributed by atoms with van der Waals surface area (Å²) >= 11 is 0. The molecule has 0 aromatic heterocycles. The zero-order chi connectivity index (χ0) is 12.3. The van der Waals surface area contributed by atoms with Crippen molar-refractivity contribution in [2.24, 2.45) is 0 Å². The molecule has 0 spiro atoms. The van der Waals surface area contributed by atoms with Crippen LogP contribution < -0.4 is 5.32 Å². The Hall–Kier alpha value is -0.750. The first kappa shape index (κ1) is 13.3. The van der Waals surface area contributed by atoms with Gasteiger partial charge < -0.3 is 15.3 Å². The molecule has 0 aromatic carbocycles. The second kappa shape index (κ2) is 5.05. The van der Waals surface area contributed by atoms with Gasteiger partial charge in [0.1, 0.15) is 6.61 Å². The Morgan fingerprint density at radius 3 is 2.75 bits per heavy atom. The lowest BCUT2D eigenvalue weighted by molar-refractivity contribution is -0.136. The fraction of sp³-hybridized carbons (Fsp3) is 0.900. The Morgan fingerprint density at radius 2 is 2.25 bits per heavy atom. The minimum atomic E-state index is -3.21. The van der Waals surface area contributed by atoms with Crippen LogP contribution in [0.25, 0.3) is 0 Å². The van der Waals surface area contributed by atoms with Gasteiger partial charge in [-0.25, -0.2) is 8.78 Å². The molecule has 0 aromatic rings. The predicted octanol–water partition coefficient (Wildman–Crippen LogP) is 0.213. The van der Waals surface area contributed by atoms with Gasteiger partial charge in [-0.15, -0.1) is 0 Å². The Kier molecular flexibility index (Phi) is 4.21. The third kappa shape index (κ3) is 3.38. The topological polar surface area (TPSA) is 52.6 Å². The maximum Gasteiger partial charge on any atom is 0.287 e. The molecule has 2 N–H and O–H groups in total. The highest BCUT2D eigenvalue weighted by Crippen LogP contribution is 2.19. The third-order valence-corrected chi connectivity index (χ3v) is 2.49. The average Bonchev–Trinajstić information content (AvgIpc) is 2.49. The summed E-state index contributed by atoms with van der Waals surface area (Å²) in [6.45, 7) is 2.20. The Morgan fingerprint density at radius 1 is 1.62 bits per heavy atom. The average molecular weight is 236 g/mol. The standard InChI is InChI=1S/C10H18F2N2O2/c1-7(2)13-8-3-4-14(9(8)16)5-10(11,12)6-15/h7-8,13,15H,3-6H2,1-2H3. The van der Waals surface area contributed by atoms with Gasteiger partial charge in [-0.3, -0.25) is 4.79 Å². The van der Waals surface area contributed by atoms with Crippen molar-refractivity contribution in [1.82, 2.24) is 10.2 Å². The number of hydrogen-bond donors (Lipinski definition) is 2. The Balaban J connectivity index is 2.51. The number of aliphatic hydroxyl groups excluding tert-OH is 1. The number of nitrogens with zero attached hydrogens (tertiary/aromatic N) is 1. The van der Waals surface area contributed by atoms with Gasteiger partial charge >= 0.3 is 0 Å². The normalized spacial score (nSPS) is 22.2. The zero-order valence-electron chi connectivity index (χ0n) is 9.54. The van der Waals surface area contributed by atoms with Gasteiger partial charge in [0.25, 0.3) is 5.92 Å². The van der Waals surface area contributed by atoms with Crippen LogP contribution >= 0.6 is 0 Å². The van der Waals surface area contributed by atoms with E-state index in [1.807, 2.05) is 13.8 Å². The SMILES string of the molecule is CC(C)NC1CCN(CC(F)(F)CO)C1=O. The molecule has 1 rings (SSSR count). The summed E-state index contributed by atoms with van der Waals surface area (Å²) in [5.74, 6) is -3.51. The van der Waals surface area contributed by atoms with Crippen LogP contribution in [0.2, 0.25) is 0 Å². The van der Waals surface area contributed by atoms with Gasteiger partial charge in [-0.05, 0) is 6.42 Å². The fourth-order valence-corrected chi connectivity index (χ4v) is 1.78. The first-order chi connectivity index (χ1) is 7.35. The van der Waals surface area contributed by atoms with Gasteiger partial charge in [0.05, 0.1) is 12.6 Å². The lowest BCUT2D eigenvalue weighted by Gasteiger charge is -2.22. The highest BCUT2D eigenvalue weighted by molar-refractivity contribution is 5.84. The molecule has 1 atom stereocenters. The molecule has 0 bridgehead atoms. The summed E-state index contributed by atoms with van der Waals surface area (Å²) in [6.07, 6.45) is 0.540. The number of halogens is 2. The van der Waals surface area contributed by atoms with Crippen molar-refractivity contribution in [3.05, 3.63) is 0 Å². The quantitative estimate of drug-likeness (QED) is 0.717. The Bertz CT molecular complexity index is 259. The van der Waals surface area contributed by atoms with Gasteiger partial charge in [0.2, 0.25) is 5.91 Å². The number of aliphatic hydroxyl groups is 1. The number of carbonyl (C=O) groups is 1. The van der Waals surface area contributed by atoms with Gasteiger partial charge in [0, 0.05) is 12.6 Å². The van der Waals surface area contributed by atoms with Gasteiger partial charge in [0.15, 0.2) is 0 Å². The van der Waals surface area contributed by atoms with Crippen LogP contribution in [0.1, 0.15) is 20.3 Å². The van der Waals surface area contributed by atoms with Crippen LogP contribution in [0, 0.1) is 0 Å². The van der Waals surface area contributed by atoms with Crippen LogP contribution in [0.5, 0.6) is 0 Å². The van der Waals surface area contributed by atoms with E-state index in [2.05, 4.69) is 5.32 Å². The monoisotopic (exact) mass is 236 g/mol. The van der Waals surface area contributed by atoms with Crippen LogP contribution in [-0.2, 0) is 4.79 Å². The van der Waals surface area contributed by atoms with Crippen LogP contribution in [-0.4, -0.2) is 53.6 Å². The van der Waals surface area contributed by atoms with Crippen molar-refractivity contribution in [3.8, 4) is 0 Å². The molecule has 1 aliphatic heterocycles. The third-order valence-electron chi connectivity index (χ3n) is 2.49. The molecule has 0 aliphatic carbocycles. The molecule has 1 unspecified atom stereocenters. The number of carbonyl (C=O) groups excluding carboxylic acids is 1. The molecule has 1 amide bonds. The summed E-state index contributed by atoms with van der Waals surface area (Å²) in [5.41, 5.74) is 0. The van der Waals surface area contributed by atoms with Gasteiger partial charge in [-0.1, -0.05) is 13.8 Å². The maximum atomic E-state index is 12.9. The van der Waals surface area contributed by atoms with E-state index < -0.39 is 19.1 Å². The van der Waals surface area contributed by atoms with Crippen molar-refractivity contribution >= 4 is 5.91 Å². The summed E-state index contributed by atoms with van der Waals surface area (Å²) in [4.78, 5) is 12.8. The molecule has 1 saturated heterocycles. The summed E-state index contributed by atoms with van der Waals surface area (Å²) in [5, 5.41) is 11.5. The molecule has 0 radical (unpaired) electrons. The lowest BCUT2D eigenvalue weighted by atomic mass is 10.2. The minimum absolute atomic E-state index is 0.146. The molecule has 6 heteroatoms. The largest absolute Gasteiger partial charge is 0.390 e. The Labute approximate surface area is 93.6 Å². The van der Waals surface area contributed by atoms with E-state index in [0.29, 0.717) is 13.0 Å². The lowest BCUT2D eigenvalue weighted by Crippen LogP contribution is -2.45. The number of nitrogens with one attached hydrogen (secondary N) is 1. The summed E-state index contributed by atoms with van der Waals surface area (Å²) in [6, 6.07) is -0.221. The van der Waals surface area contributed by atoms with E-state index in [1.165, 1.54) is 0 Å². The van der Waals surface area contributed by atoms with E-state index >= 15 is 0 Å². The molecule has 16 heavy (non-hydrogen) atoms. The van der Waals surface area contributed by atoms with Crippen molar-refractivity contribution in [2.75, 3.05) is 19.7 Å². The molecule has 0 saturated carbocycles. The van der Waals surface area contributed by atoms with Crippen molar-refractivity contribution in [1.29, 1.82) is 0 Å². The van der Waals surface area contributed by atoms with E-state index in [4.69, 9.17) is 5.11 Å². The molecule has 1 heterocycles. The molecular formula is C10H18F2N2O2. The number of amides is 1. The number of likely N-dealkylation sites (tertiary alicyclic amines) is 1. The van der Waals surface area contributed by atoms with Crippen molar-refractivity contribution in [2.45, 2.75) is 38.3 Å². The summed E-state index contributed by atoms with van der Waals surface area (Å²) in [7, 11) is 0. The zero-order valence-corrected chi connectivity index (χ0v) is 9.54. The molecule has 4 nitrogen and oxygen atoms in total. The number of rotatable bonds is 5. The van der Waals surface area contributed by atoms with E-state index in [9.17, 15) is 13.6 Å². The second-order valence-electron chi connectivity index (χ2n) is 4.44. The number of alkyl halides is 2. The van der Waals surface area contributed by atoms with Crippen LogP contribution in [0.4, 0.5) is 8.78 Å². The first-order valence-corrected chi connectivity index (χ1v) is 5.39. The predicted molar refractivity (Wildman–Crippen MR) is 55.3 cm³/mol. The maximum absolute atomic E-state index is 12.9. The molecule has 1 aliphatic rings. The van der Waals surface area contributed by atoms with E-state index in [1.54, 1.807) is 0 Å². The van der Waals surface area contributed by atoms with Crippen LogP contribution in [0.3, 0.4) is 0 Å². The van der Waals surface area contributed by atoms with E-state index in [0.717, 1.165) is 4.90 Å². The van der Waals surface area contributed by atoms with Crippen molar-refractivity contribution < 1.29 is 18.7 Å². The fourth-order valence-electron chi connectivity index (χ4n) is 1.78. The second-order valence-corrected chi connectivity index (χ2v) is 4.44. The first-order valence-electron chi connectivity index (χ1n) is 5.39. The highest BCUT2D eigenvalue weighted by atomic mass is 19.3. The van der Waals surface area contributed by atoms with Crippen molar-refractivity contribution in [3.63, 3.8) is 0 Å². The van der Waals surface area contributed by atoms with Gasteiger partial charge in [-0.2, -0.15) is 0 Å². The number of hydrogen-bond acceptors (Lipinski definition) is 3. The highest BCUT2D eigenvalue weighted by Gasteiger charge is 2.38.